The van der Waals surface area contributed by atoms with Crippen LogP contribution in [0.1, 0.15) is 17.4 Å². The predicted molar refractivity (Wildman–Crippen MR) is 84.8 cm³/mol. The Kier molecular flexibility index (Phi) is 5.86. The van der Waals surface area contributed by atoms with Crippen LogP contribution in [0.25, 0.3) is 0 Å². The molecule has 5 nitrogen and oxygen atoms in total. The molecule has 0 atom stereocenters. The van der Waals surface area contributed by atoms with Gasteiger partial charge in [-0.25, -0.2) is 13.1 Å². The van der Waals surface area contributed by atoms with Crippen LogP contribution in [0.15, 0.2) is 40.9 Å². The smallest absolute Gasteiger partial charge is 0.250 e. The summed E-state index contributed by atoms with van der Waals surface area (Å²) in [4.78, 5) is 4.95. The molecule has 7 heteroatoms. The Bertz CT molecular complexity index is 654. The van der Waals surface area contributed by atoms with Crippen molar-refractivity contribution in [3.05, 3.63) is 47.1 Å². The zero-order chi connectivity index (χ0) is 15.1. The molecule has 0 unspecified atom stereocenters. The fourth-order valence-corrected chi connectivity index (χ4v) is 4.20. The third kappa shape index (κ3) is 4.89. The highest BCUT2D eigenvalue weighted by Gasteiger charge is 2.16. The van der Waals surface area contributed by atoms with Gasteiger partial charge in [0, 0.05) is 30.4 Å². The summed E-state index contributed by atoms with van der Waals surface area (Å²) in [6.45, 7) is 3.97. The molecule has 0 fully saturated rings. The largest absolute Gasteiger partial charge is 0.312 e. The molecule has 0 bridgehead atoms. The molecule has 2 aromatic rings. The van der Waals surface area contributed by atoms with Gasteiger partial charge < -0.3 is 5.32 Å². The number of pyridine rings is 1. The van der Waals surface area contributed by atoms with E-state index >= 15 is 0 Å². The molecule has 0 saturated carbocycles. The molecule has 21 heavy (non-hydrogen) atoms. The molecule has 114 valence electrons. The van der Waals surface area contributed by atoms with E-state index in [9.17, 15) is 8.42 Å². The number of nitrogens with one attached hydrogen (secondary N) is 2. The predicted octanol–water partition coefficient (Wildman–Crippen LogP) is 1.77. The van der Waals surface area contributed by atoms with E-state index in [4.69, 9.17) is 0 Å². The molecule has 2 rings (SSSR count). The molecule has 0 aromatic carbocycles. The molecule has 0 aliphatic heterocycles. The average molecular weight is 325 g/mol. The fraction of sp³-hybridized carbons (Fsp3) is 0.357. The summed E-state index contributed by atoms with van der Waals surface area (Å²) in [6.07, 6.45) is 4.06. The van der Waals surface area contributed by atoms with E-state index < -0.39 is 10.0 Å². The van der Waals surface area contributed by atoms with E-state index in [-0.39, 0.29) is 0 Å². The molecule has 2 aromatic heterocycles. The SMILES string of the molecule is CCNCc1ccc(S(=O)(=O)NCCc2ccncc2)s1. The van der Waals surface area contributed by atoms with Crippen molar-refractivity contribution in [2.75, 3.05) is 13.1 Å². The normalized spacial score (nSPS) is 11.7. The maximum atomic E-state index is 12.2. The number of nitrogens with zero attached hydrogens (tertiary/aromatic N) is 1. The molecular weight excluding hydrogens is 306 g/mol. The standard InChI is InChI=1S/C14H19N3O2S2/c1-2-15-11-13-3-4-14(20-13)21(18,19)17-10-7-12-5-8-16-9-6-12/h3-6,8-9,15,17H,2,7,10-11H2,1H3. The quantitative estimate of drug-likeness (QED) is 0.776. The van der Waals surface area contributed by atoms with Gasteiger partial charge in [0.25, 0.3) is 0 Å². The minimum absolute atomic E-state index is 0.366. The van der Waals surface area contributed by atoms with Crippen LogP contribution >= 0.6 is 11.3 Å². The molecule has 0 spiro atoms. The topological polar surface area (TPSA) is 71.1 Å². The first-order chi connectivity index (χ1) is 10.1. The molecule has 0 saturated heterocycles. The van der Waals surface area contributed by atoms with Crippen molar-refractivity contribution in [1.29, 1.82) is 0 Å². The molecule has 0 aliphatic rings. The van der Waals surface area contributed by atoms with Crippen LogP contribution < -0.4 is 10.0 Å². The van der Waals surface area contributed by atoms with E-state index in [0.29, 0.717) is 23.7 Å². The van der Waals surface area contributed by atoms with Crippen LogP contribution in [0.5, 0.6) is 0 Å². The van der Waals surface area contributed by atoms with Crippen molar-refractivity contribution in [2.24, 2.45) is 0 Å². The van der Waals surface area contributed by atoms with Crippen LogP contribution in [0.2, 0.25) is 0 Å². The van der Waals surface area contributed by atoms with E-state index in [2.05, 4.69) is 15.0 Å². The van der Waals surface area contributed by atoms with Gasteiger partial charge in [0.15, 0.2) is 0 Å². The highest BCUT2D eigenvalue weighted by atomic mass is 32.2. The zero-order valence-corrected chi connectivity index (χ0v) is 13.5. The Balaban J connectivity index is 1.90. The van der Waals surface area contributed by atoms with E-state index in [1.54, 1.807) is 18.5 Å². The van der Waals surface area contributed by atoms with Gasteiger partial charge in [-0.1, -0.05) is 6.92 Å². The van der Waals surface area contributed by atoms with Crippen LogP contribution in [0.4, 0.5) is 0 Å². The summed E-state index contributed by atoms with van der Waals surface area (Å²) < 4.78 is 27.4. The Morgan fingerprint density at radius 2 is 1.95 bits per heavy atom. The highest BCUT2D eigenvalue weighted by Crippen LogP contribution is 2.21. The maximum Gasteiger partial charge on any atom is 0.250 e. The van der Waals surface area contributed by atoms with E-state index in [1.165, 1.54) is 11.3 Å². The average Bonchev–Trinajstić information content (AvgIpc) is 2.96. The van der Waals surface area contributed by atoms with Crippen molar-refractivity contribution < 1.29 is 8.42 Å². The first-order valence-electron chi connectivity index (χ1n) is 6.80. The van der Waals surface area contributed by atoms with Gasteiger partial charge in [0.2, 0.25) is 10.0 Å². The molecule has 0 aliphatic carbocycles. The summed E-state index contributed by atoms with van der Waals surface area (Å²) >= 11 is 1.30. The van der Waals surface area contributed by atoms with Gasteiger partial charge in [-0.2, -0.15) is 0 Å². The zero-order valence-electron chi connectivity index (χ0n) is 11.9. The summed E-state index contributed by atoms with van der Waals surface area (Å²) in [5.74, 6) is 0. The lowest BCUT2D eigenvalue weighted by Crippen LogP contribution is -2.25. The Morgan fingerprint density at radius 3 is 2.67 bits per heavy atom. The lowest BCUT2D eigenvalue weighted by atomic mass is 10.2. The molecule has 0 radical (unpaired) electrons. The third-order valence-corrected chi connectivity index (χ3v) is 5.94. The Hall–Kier alpha value is -1.28. The Labute approximate surface area is 129 Å². The molecule has 0 amide bonds. The number of thiophene rings is 1. The number of sulfonamides is 1. The van der Waals surface area contributed by atoms with Gasteiger partial charge >= 0.3 is 0 Å². The molecule has 2 N–H and O–H groups in total. The lowest BCUT2D eigenvalue weighted by molar-refractivity contribution is 0.584. The fourth-order valence-electron chi connectivity index (χ4n) is 1.80. The summed E-state index contributed by atoms with van der Waals surface area (Å²) in [5, 5.41) is 3.18. The lowest BCUT2D eigenvalue weighted by Gasteiger charge is -2.04. The summed E-state index contributed by atoms with van der Waals surface area (Å²) in [7, 11) is -3.41. The van der Waals surface area contributed by atoms with Crippen molar-refractivity contribution in [3.63, 3.8) is 0 Å². The number of rotatable bonds is 8. The van der Waals surface area contributed by atoms with Gasteiger partial charge in [-0.05, 0) is 42.8 Å². The van der Waals surface area contributed by atoms with Gasteiger partial charge in [-0.3, -0.25) is 4.98 Å². The highest BCUT2D eigenvalue weighted by molar-refractivity contribution is 7.91. The van der Waals surface area contributed by atoms with Crippen molar-refractivity contribution in [2.45, 2.75) is 24.1 Å². The van der Waals surface area contributed by atoms with Gasteiger partial charge in [0.1, 0.15) is 4.21 Å². The van der Waals surface area contributed by atoms with Gasteiger partial charge in [0.05, 0.1) is 0 Å². The van der Waals surface area contributed by atoms with Gasteiger partial charge in [-0.15, -0.1) is 11.3 Å². The summed E-state index contributed by atoms with van der Waals surface area (Å²) in [5.41, 5.74) is 1.06. The second-order valence-corrected chi connectivity index (χ2v) is 7.67. The Morgan fingerprint density at radius 1 is 1.19 bits per heavy atom. The van der Waals surface area contributed by atoms with Crippen molar-refractivity contribution in [1.82, 2.24) is 15.0 Å². The second kappa shape index (κ2) is 7.65. The maximum absolute atomic E-state index is 12.2. The minimum Gasteiger partial charge on any atom is -0.312 e. The van der Waals surface area contributed by atoms with Crippen molar-refractivity contribution >= 4 is 21.4 Å². The van der Waals surface area contributed by atoms with Crippen LogP contribution in [0.3, 0.4) is 0 Å². The first kappa shape index (κ1) is 16.1. The monoisotopic (exact) mass is 325 g/mol. The third-order valence-electron chi connectivity index (χ3n) is 2.91. The number of hydrogen-bond donors (Lipinski definition) is 2. The van der Waals surface area contributed by atoms with Crippen LogP contribution in [-0.4, -0.2) is 26.5 Å². The van der Waals surface area contributed by atoms with Crippen molar-refractivity contribution in [3.8, 4) is 0 Å². The van der Waals surface area contributed by atoms with Crippen LogP contribution in [0, 0.1) is 0 Å². The van der Waals surface area contributed by atoms with Crippen LogP contribution in [-0.2, 0) is 23.0 Å². The summed E-state index contributed by atoms with van der Waals surface area (Å²) in [6, 6.07) is 7.28. The second-order valence-electron chi connectivity index (χ2n) is 4.50. The molecular formula is C14H19N3O2S2. The minimum atomic E-state index is -3.41. The number of aromatic nitrogens is 1. The number of hydrogen-bond acceptors (Lipinski definition) is 5. The van der Waals surface area contributed by atoms with E-state index in [1.807, 2.05) is 25.1 Å². The van der Waals surface area contributed by atoms with E-state index in [0.717, 1.165) is 17.0 Å². The first-order valence-corrected chi connectivity index (χ1v) is 9.10. The molecule has 2 heterocycles.